The SMILES string of the molecule is CCC(=NOS(=O)(=O)O)SC1OC(CO)C(O)C(O)C1O. The molecule has 0 aliphatic carbocycles. The van der Waals surface area contributed by atoms with Crippen LogP contribution in [0.25, 0.3) is 0 Å². The predicted molar refractivity (Wildman–Crippen MR) is 71.7 cm³/mol. The maximum absolute atomic E-state index is 10.4. The molecule has 0 aromatic heterocycles. The Hall–Kier alpha value is -0.470. The van der Waals surface area contributed by atoms with Gasteiger partial charge in [-0.1, -0.05) is 23.8 Å². The zero-order chi connectivity index (χ0) is 16.2. The molecule has 5 unspecified atom stereocenters. The van der Waals surface area contributed by atoms with Gasteiger partial charge in [-0.15, -0.1) is 0 Å². The van der Waals surface area contributed by atoms with Gasteiger partial charge in [0.15, 0.2) is 0 Å². The van der Waals surface area contributed by atoms with Crippen LogP contribution in [0.3, 0.4) is 0 Å². The highest BCUT2D eigenvalue weighted by Gasteiger charge is 2.44. The molecule has 0 saturated carbocycles. The maximum Gasteiger partial charge on any atom is 0.466 e. The first-order chi connectivity index (χ1) is 9.69. The lowest BCUT2D eigenvalue weighted by Gasteiger charge is -2.39. The number of thioether (sulfide) groups is 1. The molecule has 1 heterocycles. The molecule has 1 aliphatic rings. The van der Waals surface area contributed by atoms with E-state index in [2.05, 4.69) is 9.44 Å². The van der Waals surface area contributed by atoms with Crippen molar-refractivity contribution in [3.8, 4) is 0 Å². The number of nitrogens with zero attached hydrogens (tertiary/aromatic N) is 1. The number of aliphatic hydroxyl groups is 4. The third kappa shape index (κ3) is 5.34. The highest BCUT2D eigenvalue weighted by atomic mass is 32.3. The van der Waals surface area contributed by atoms with Crippen molar-refractivity contribution < 1.29 is 42.4 Å². The monoisotopic (exact) mass is 347 g/mol. The highest BCUT2D eigenvalue weighted by molar-refractivity contribution is 8.14. The normalized spacial score (nSPS) is 34.8. The van der Waals surface area contributed by atoms with Gasteiger partial charge in [0.2, 0.25) is 0 Å². The Kier molecular flexibility index (Phi) is 6.80. The van der Waals surface area contributed by atoms with E-state index < -0.39 is 46.9 Å². The number of hydrogen-bond acceptors (Lipinski definition) is 10. The van der Waals surface area contributed by atoms with E-state index in [-0.39, 0.29) is 11.5 Å². The zero-order valence-electron chi connectivity index (χ0n) is 10.9. The largest absolute Gasteiger partial charge is 0.466 e. The van der Waals surface area contributed by atoms with Crippen LogP contribution < -0.4 is 0 Å². The van der Waals surface area contributed by atoms with Crippen LogP contribution >= 0.6 is 11.8 Å². The van der Waals surface area contributed by atoms with Gasteiger partial charge >= 0.3 is 10.4 Å². The van der Waals surface area contributed by atoms with Crippen molar-refractivity contribution >= 4 is 27.2 Å². The Bertz CT molecular complexity index is 466. The number of oxime groups is 1. The average Bonchev–Trinajstić information content (AvgIpc) is 2.42. The van der Waals surface area contributed by atoms with E-state index in [0.717, 1.165) is 11.8 Å². The van der Waals surface area contributed by atoms with E-state index in [9.17, 15) is 23.7 Å². The van der Waals surface area contributed by atoms with Crippen molar-refractivity contribution in [2.75, 3.05) is 6.61 Å². The molecule has 1 rings (SSSR count). The fourth-order valence-corrected chi connectivity index (χ4v) is 2.80. The Morgan fingerprint density at radius 3 is 2.38 bits per heavy atom. The summed E-state index contributed by atoms with van der Waals surface area (Å²) in [6.07, 6.45) is -5.42. The lowest BCUT2D eigenvalue weighted by atomic mass is 10.0. The molecular weight excluding hydrogens is 330 g/mol. The minimum Gasteiger partial charge on any atom is -0.394 e. The van der Waals surface area contributed by atoms with Crippen LogP contribution in [0.5, 0.6) is 0 Å². The molecule has 1 fully saturated rings. The fraction of sp³-hybridized carbons (Fsp3) is 0.889. The van der Waals surface area contributed by atoms with Gasteiger partial charge in [0.1, 0.15) is 34.9 Å². The predicted octanol–water partition coefficient (Wildman–Crippen LogP) is -1.94. The summed E-state index contributed by atoms with van der Waals surface area (Å²) in [4.78, 5) is 0. The average molecular weight is 347 g/mol. The van der Waals surface area contributed by atoms with Crippen molar-refractivity contribution in [2.24, 2.45) is 5.16 Å². The van der Waals surface area contributed by atoms with Gasteiger partial charge in [-0.3, -0.25) is 4.55 Å². The second-order valence-electron chi connectivity index (χ2n) is 4.16. The molecular formula is C9H17NO9S2. The third-order valence-electron chi connectivity index (χ3n) is 2.64. The number of rotatable bonds is 5. The van der Waals surface area contributed by atoms with E-state index in [4.69, 9.17) is 14.4 Å². The van der Waals surface area contributed by atoms with Crippen LogP contribution in [0.1, 0.15) is 13.3 Å². The molecule has 0 aromatic carbocycles. The van der Waals surface area contributed by atoms with Gasteiger partial charge in [-0.25, -0.2) is 4.28 Å². The summed E-state index contributed by atoms with van der Waals surface area (Å²) in [6.45, 7) is 1.02. The fourth-order valence-electron chi connectivity index (χ4n) is 1.56. The maximum atomic E-state index is 10.4. The van der Waals surface area contributed by atoms with Gasteiger partial charge in [-0.2, -0.15) is 8.42 Å². The quantitative estimate of drug-likeness (QED) is 0.163. The molecule has 0 aromatic rings. The van der Waals surface area contributed by atoms with Gasteiger partial charge in [-0.05, 0) is 6.42 Å². The Morgan fingerprint density at radius 2 is 1.90 bits per heavy atom. The second kappa shape index (κ2) is 7.69. The summed E-state index contributed by atoms with van der Waals surface area (Å²) in [7, 11) is -4.75. The first-order valence-corrected chi connectivity index (χ1v) is 8.14. The van der Waals surface area contributed by atoms with E-state index in [0.29, 0.717) is 0 Å². The summed E-state index contributed by atoms with van der Waals surface area (Å²) in [6, 6.07) is 0. The Labute approximate surface area is 125 Å². The Balaban J connectivity index is 2.79. The zero-order valence-corrected chi connectivity index (χ0v) is 12.6. The van der Waals surface area contributed by atoms with Crippen molar-refractivity contribution in [3.63, 3.8) is 0 Å². The molecule has 5 N–H and O–H groups in total. The van der Waals surface area contributed by atoms with Crippen LogP contribution in [0.4, 0.5) is 0 Å². The van der Waals surface area contributed by atoms with Crippen LogP contribution in [-0.2, 0) is 19.4 Å². The van der Waals surface area contributed by atoms with E-state index in [1.54, 1.807) is 6.92 Å². The molecule has 12 heteroatoms. The third-order valence-corrected chi connectivity index (χ3v) is 4.16. The molecule has 0 radical (unpaired) electrons. The van der Waals surface area contributed by atoms with E-state index in [1.165, 1.54) is 0 Å². The van der Waals surface area contributed by atoms with Crippen molar-refractivity contribution in [3.05, 3.63) is 0 Å². The lowest BCUT2D eigenvalue weighted by molar-refractivity contribution is -0.205. The van der Waals surface area contributed by atoms with Gasteiger partial charge in [0.05, 0.1) is 6.61 Å². The molecule has 0 spiro atoms. The van der Waals surface area contributed by atoms with Crippen molar-refractivity contribution in [1.29, 1.82) is 0 Å². The summed E-state index contributed by atoms with van der Waals surface area (Å²) >= 11 is 0.734. The lowest BCUT2D eigenvalue weighted by Crippen LogP contribution is -2.57. The minimum atomic E-state index is -4.75. The molecule has 0 amide bonds. The molecule has 5 atom stereocenters. The van der Waals surface area contributed by atoms with Crippen LogP contribution in [0.15, 0.2) is 5.16 Å². The topological polar surface area (TPSA) is 166 Å². The number of ether oxygens (including phenoxy) is 1. The Morgan fingerprint density at radius 1 is 1.29 bits per heavy atom. The van der Waals surface area contributed by atoms with E-state index >= 15 is 0 Å². The number of hydrogen-bond donors (Lipinski definition) is 5. The smallest absolute Gasteiger partial charge is 0.394 e. The number of aliphatic hydroxyl groups excluding tert-OH is 4. The molecule has 21 heavy (non-hydrogen) atoms. The summed E-state index contributed by atoms with van der Waals surface area (Å²) in [5, 5.41) is 41.3. The van der Waals surface area contributed by atoms with E-state index in [1.807, 2.05) is 0 Å². The standard InChI is InChI=1S/C9H17NO9S2/c1-2-5(10-19-21(15,16)17)20-9-8(14)7(13)6(12)4(3-11)18-9/h4,6-9,11-14H,2-3H2,1H3,(H,15,16,17). The first kappa shape index (κ1) is 18.6. The second-order valence-corrected chi connectivity index (χ2v) is 6.33. The molecule has 124 valence electrons. The minimum absolute atomic E-state index is 0.0527. The highest BCUT2D eigenvalue weighted by Crippen LogP contribution is 2.30. The molecule has 10 nitrogen and oxygen atoms in total. The first-order valence-electron chi connectivity index (χ1n) is 5.89. The summed E-state index contributed by atoms with van der Waals surface area (Å²) in [5.41, 5.74) is -1.11. The van der Waals surface area contributed by atoms with Crippen molar-refractivity contribution in [2.45, 2.75) is 43.2 Å². The molecule has 1 saturated heterocycles. The van der Waals surface area contributed by atoms with Crippen LogP contribution in [0.2, 0.25) is 0 Å². The van der Waals surface area contributed by atoms with Gasteiger partial charge in [0, 0.05) is 0 Å². The van der Waals surface area contributed by atoms with Gasteiger partial charge < -0.3 is 25.2 Å². The van der Waals surface area contributed by atoms with Crippen LogP contribution in [-0.4, -0.2) is 74.9 Å². The van der Waals surface area contributed by atoms with Crippen LogP contribution in [0, 0.1) is 0 Å². The summed E-state index contributed by atoms with van der Waals surface area (Å²) in [5.74, 6) is 0. The molecule has 1 aliphatic heterocycles. The van der Waals surface area contributed by atoms with Gasteiger partial charge in [0.25, 0.3) is 0 Å². The summed E-state index contributed by atoms with van der Waals surface area (Å²) < 4.78 is 38.3. The van der Waals surface area contributed by atoms with Crippen molar-refractivity contribution in [1.82, 2.24) is 0 Å². The molecule has 0 bridgehead atoms.